The van der Waals surface area contributed by atoms with E-state index in [9.17, 15) is 14.4 Å². The zero-order valence-electron chi connectivity index (χ0n) is 19.8. The van der Waals surface area contributed by atoms with Crippen molar-refractivity contribution >= 4 is 29.3 Å². The van der Waals surface area contributed by atoms with Gasteiger partial charge in [-0.3, -0.25) is 14.9 Å². The second-order valence-electron chi connectivity index (χ2n) is 8.90. The molecule has 1 saturated carbocycles. The van der Waals surface area contributed by atoms with E-state index < -0.39 is 12.1 Å². The van der Waals surface area contributed by atoms with Crippen molar-refractivity contribution in [3.8, 4) is 12.0 Å². The fourth-order valence-electron chi connectivity index (χ4n) is 4.94. The average Bonchev–Trinajstić information content (AvgIpc) is 2.89. The average molecular weight is 475 g/mol. The third-order valence-electron chi connectivity index (χ3n) is 6.76. The lowest BCUT2D eigenvalue weighted by Gasteiger charge is -2.39. The molecule has 1 aliphatic carbocycles. The fourth-order valence-corrected chi connectivity index (χ4v) is 4.94. The molecule has 8 nitrogen and oxygen atoms in total. The van der Waals surface area contributed by atoms with E-state index in [1.165, 1.54) is 7.11 Å². The first kappa shape index (κ1) is 24.1. The summed E-state index contributed by atoms with van der Waals surface area (Å²) in [6.45, 7) is 0.498. The van der Waals surface area contributed by atoms with Crippen LogP contribution in [-0.4, -0.2) is 36.5 Å². The van der Waals surface area contributed by atoms with Crippen molar-refractivity contribution < 1.29 is 19.1 Å². The van der Waals surface area contributed by atoms with Crippen molar-refractivity contribution in [1.29, 1.82) is 0 Å². The highest BCUT2D eigenvalue weighted by atomic mass is 16.5. The van der Waals surface area contributed by atoms with E-state index in [2.05, 4.69) is 27.3 Å². The third-order valence-corrected chi connectivity index (χ3v) is 6.76. The van der Waals surface area contributed by atoms with Crippen LogP contribution in [0.2, 0.25) is 0 Å². The van der Waals surface area contributed by atoms with E-state index in [0.29, 0.717) is 24.3 Å². The number of nitrogens with zero attached hydrogens (tertiary/aromatic N) is 1. The number of benzene rings is 2. The van der Waals surface area contributed by atoms with E-state index in [-0.39, 0.29) is 23.7 Å². The molecule has 2 aromatic rings. The molecule has 0 radical (unpaired) electrons. The Labute approximate surface area is 205 Å². The molecular weight excluding hydrogens is 444 g/mol. The Morgan fingerprint density at radius 1 is 0.971 bits per heavy atom. The topological polar surface area (TPSA) is 114 Å². The van der Waals surface area contributed by atoms with E-state index in [4.69, 9.17) is 5.73 Å². The van der Waals surface area contributed by atoms with Crippen molar-refractivity contribution in [3.63, 3.8) is 0 Å². The van der Waals surface area contributed by atoms with Gasteiger partial charge in [-0.1, -0.05) is 30.2 Å². The largest absolute Gasteiger partial charge is 0.453 e. The molecule has 1 fully saturated rings. The molecule has 8 heteroatoms. The van der Waals surface area contributed by atoms with Crippen molar-refractivity contribution in [3.05, 3.63) is 59.7 Å². The first-order chi connectivity index (χ1) is 17.0. The smallest absolute Gasteiger partial charge is 0.411 e. The summed E-state index contributed by atoms with van der Waals surface area (Å²) < 4.78 is 4.59. The molecule has 4 rings (SSSR count). The van der Waals surface area contributed by atoms with Crippen molar-refractivity contribution in [2.24, 2.45) is 17.6 Å². The predicted octanol–water partition coefficient (Wildman–Crippen LogP) is 3.66. The van der Waals surface area contributed by atoms with E-state index in [1.54, 1.807) is 29.2 Å². The summed E-state index contributed by atoms with van der Waals surface area (Å²) >= 11 is 0. The Hall–Kier alpha value is -3.99. The molecule has 0 bridgehead atoms. The summed E-state index contributed by atoms with van der Waals surface area (Å²) in [5.41, 5.74) is 8.42. The Kier molecular flexibility index (Phi) is 7.56. The van der Waals surface area contributed by atoms with Crippen LogP contribution in [0.3, 0.4) is 0 Å². The number of amides is 3. The molecule has 182 valence electrons. The van der Waals surface area contributed by atoms with Crippen LogP contribution in [0.25, 0.3) is 0 Å². The second kappa shape index (κ2) is 11.0. The first-order valence-electron chi connectivity index (χ1n) is 11.9. The maximum absolute atomic E-state index is 13.6. The number of rotatable bonds is 4. The lowest BCUT2D eigenvalue weighted by atomic mass is 9.81. The number of hydrogen-bond acceptors (Lipinski definition) is 5. The molecular formula is C27H30N4O4. The molecule has 1 unspecified atom stereocenters. The summed E-state index contributed by atoms with van der Waals surface area (Å²) in [7, 11) is 1.29. The van der Waals surface area contributed by atoms with Gasteiger partial charge in [0.05, 0.1) is 7.11 Å². The molecule has 2 aliphatic rings. The summed E-state index contributed by atoms with van der Waals surface area (Å²) in [6, 6.07) is 16.3. The quantitative estimate of drug-likeness (QED) is 0.462. The van der Waals surface area contributed by atoms with Gasteiger partial charge in [0.25, 0.3) is 5.91 Å². The van der Waals surface area contributed by atoms with Gasteiger partial charge in [0, 0.05) is 35.8 Å². The molecule has 1 atom stereocenters. The lowest BCUT2D eigenvalue weighted by Crippen LogP contribution is -2.48. The molecule has 1 heterocycles. The molecule has 35 heavy (non-hydrogen) atoms. The standard InChI is InChI=1S/C27H30N4O4/c1-35-27(34)30-22-12-10-21(11-13-22)29-25(32)24-23-5-3-2-4-19(23)15-17-31(24)26(33)20-8-6-18(7-9-20)14-16-28/h2-5,10-13,18,20,24H,6-9,15,17,28H2,1H3,(H,29,32)(H,30,34). The number of methoxy groups -OCH3 is 1. The molecule has 2 aromatic carbocycles. The lowest BCUT2D eigenvalue weighted by molar-refractivity contribution is -0.144. The minimum atomic E-state index is -0.707. The highest BCUT2D eigenvalue weighted by Gasteiger charge is 2.39. The van der Waals surface area contributed by atoms with Gasteiger partial charge in [-0.15, -0.1) is 0 Å². The van der Waals surface area contributed by atoms with Crippen molar-refractivity contribution in [2.45, 2.75) is 38.1 Å². The normalized spacial score (nSPS) is 21.1. The van der Waals surface area contributed by atoms with Crippen LogP contribution in [0.5, 0.6) is 0 Å². The maximum atomic E-state index is 13.6. The van der Waals surface area contributed by atoms with Crippen LogP contribution >= 0.6 is 0 Å². The van der Waals surface area contributed by atoms with Gasteiger partial charge in [-0.2, -0.15) is 0 Å². The Bertz CT molecular complexity index is 1140. The van der Waals surface area contributed by atoms with Crippen LogP contribution in [0.1, 0.15) is 42.9 Å². The van der Waals surface area contributed by atoms with Gasteiger partial charge in [0.1, 0.15) is 6.04 Å². The van der Waals surface area contributed by atoms with E-state index in [0.717, 1.165) is 36.8 Å². The number of nitrogens with one attached hydrogen (secondary N) is 2. The predicted molar refractivity (Wildman–Crippen MR) is 133 cm³/mol. The van der Waals surface area contributed by atoms with Crippen LogP contribution in [-0.2, 0) is 20.7 Å². The highest BCUT2D eigenvalue weighted by molar-refractivity contribution is 5.99. The fraction of sp³-hybridized carbons (Fsp3) is 0.370. The van der Waals surface area contributed by atoms with Gasteiger partial charge < -0.3 is 20.7 Å². The molecule has 0 aromatic heterocycles. The summed E-state index contributed by atoms with van der Waals surface area (Å²) in [5, 5.41) is 5.53. The van der Waals surface area contributed by atoms with E-state index in [1.807, 2.05) is 24.3 Å². The molecule has 1 aliphatic heterocycles. The number of carbonyl (C=O) groups is 3. The number of anilines is 2. The number of ether oxygens (including phenoxy) is 1. The first-order valence-corrected chi connectivity index (χ1v) is 11.9. The number of hydrogen-bond donors (Lipinski definition) is 3. The van der Waals surface area contributed by atoms with Crippen LogP contribution in [0, 0.1) is 23.8 Å². The molecule has 0 saturated heterocycles. The minimum Gasteiger partial charge on any atom is -0.453 e. The summed E-state index contributed by atoms with van der Waals surface area (Å²) in [6.07, 6.45) is 3.33. The number of carbonyl (C=O) groups excluding carboxylic acids is 3. The van der Waals surface area contributed by atoms with Gasteiger partial charge in [0.2, 0.25) is 5.91 Å². The van der Waals surface area contributed by atoms with Gasteiger partial charge in [-0.05, 0) is 67.5 Å². The third kappa shape index (κ3) is 5.57. The minimum absolute atomic E-state index is 0.0245. The Morgan fingerprint density at radius 3 is 2.29 bits per heavy atom. The van der Waals surface area contributed by atoms with Crippen LogP contribution in [0.4, 0.5) is 16.2 Å². The number of fused-ring (bicyclic) bond motifs is 1. The van der Waals surface area contributed by atoms with Crippen molar-refractivity contribution in [1.82, 2.24) is 4.90 Å². The zero-order valence-corrected chi connectivity index (χ0v) is 19.8. The SMILES string of the molecule is COC(=O)Nc1ccc(NC(=O)C2c3ccccc3CCN2C(=O)C2CCC(C#CN)CC2)cc1. The van der Waals surface area contributed by atoms with Gasteiger partial charge in [-0.25, -0.2) is 4.79 Å². The molecule has 3 amide bonds. The maximum Gasteiger partial charge on any atom is 0.411 e. The highest BCUT2D eigenvalue weighted by Crippen LogP contribution is 2.36. The summed E-state index contributed by atoms with van der Waals surface area (Å²) in [4.78, 5) is 40.3. The zero-order chi connectivity index (χ0) is 24.8. The van der Waals surface area contributed by atoms with Gasteiger partial charge in [0.15, 0.2) is 0 Å². The van der Waals surface area contributed by atoms with Crippen LogP contribution < -0.4 is 16.4 Å². The van der Waals surface area contributed by atoms with E-state index >= 15 is 0 Å². The summed E-state index contributed by atoms with van der Waals surface area (Å²) in [5.74, 6) is 2.90. The molecule has 0 spiro atoms. The van der Waals surface area contributed by atoms with Gasteiger partial charge >= 0.3 is 6.09 Å². The van der Waals surface area contributed by atoms with Crippen molar-refractivity contribution in [2.75, 3.05) is 24.3 Å². The monoisotopic (exact) mass is 474 g/mol. The Morgan fingerprint density at radius 2 is 1.63 bits per heavy atom. The molecule has 4 N–H and O–H groups in total. The van der Waals surface area contributed by atoms with Crippen LogP contribution in [0.15, 0.2) is 48.5 Å². The number of nitrogens with two attached hydrogens (primary N) is 1. The second-order valence-corrected chi connectivity index (χ2v) is 8.90. The Balaban J connectivity index is 1.52.